The highest BCUT2D eigenvalue weighted by molar-refractivity contribution is 5.92. The summed E-state index contributed by atoms with van der Waals surface area (Å²) in [5, 5.41) is 13.9. The molecule has 1 amide bonds. The molecule has 2 rings (SSSR count). The Morgan fingerprint density at radius 2 is 2.00 bits per heavy atom. The van der Waals surface area contributed by atoms with Crippen LogP contribution in [0.2, 0.25) is 0 Å². The standard InChI is InChI=1S/C15H18N2O5/c1-3-11(4-2)16-15(18)6-5-10-7-13-14(22-9-21-13)8-12(10)17(19)20/h5-8,11H,3-4,9H2,1-2H3,(H,16,18)/b6-5-. The van der Waals surface area contributed by atoms with Gasteiger partial charge in [0.1, 0.15) is 0 Å². The minimum absolute atomic E-state index is 0.0365. The molecular weight excluding hydrogens is 288 g/mol. The van der Waals surface area contributed by atoms with Crippen LogP contribution in [0.3, 0.4) is 0 Å². The summed E-state index contributed by atoms with van der Waals surface area (Å²) in [6, 6.07) is 2.91. The number of amides is 1. The fourth-order valence-electron chi connectivity index (χ4n) is 2.15. The van der Waals surface area contributed by atoms with E-state index in [4.69, 9.17) is 9.47 Å². The van der Waals surface area contributed by atoms with Crippen molar-refractivity contribution in [2.75, 3.05) is 6.79 Å². The van der Waals surface area contributed by atoms with Crippen molar-refractivity contribution in [3.63, 3.8) is 0 Å². The number of hydrogen-bond donors (Lipinski definition) is 1. The van der Waals surface area contributed by atoms with E-state index in [-0.39, 0.29) is 24.4 Å². The molecule has 0 unspecified atom stereocenters. The summed E-state index contributed by atoms with van der Waals surface area (Å²) in [5.41, 5.74) is 0.171. The van der Waals surface area contributed by atoms with Gasteiger partial charge in [-0.25, -0.2) is 0 Å². The molecule has 0 bridgehead atoms. The first kappa shape index (κ1) is 15.8. The van der Waals surface area contributed by atoms with Gasteiger partial charge in [-0.05, 0) is 25.0 Å². The van der Waals surface area contributed by atoms with Crippen molar-refractivity contribution >= 4 is 17.7 Å². The summed E-state index contributed by atoms with van der Waals surface area (Å²) in [6.07, 6.45) is 4.38. The highest BCUT2D eigenvalue weighted by Gasteiger charge is 2.22. The summed E-state index contributed by atoms with van der Waals surface area (Å²) < 4.78 is 10.3. The van der Waals surface area contributed by atoms with Gasteiger partial charge >= 0.3 is 0 Å². The molecule has 1 aliphatic rings. The van der Waals surface area contributed by atoms with Crippen LogP contribution in [0.1, 0.15) is 32.3 Å². The van der Waals surface area contributed by atoms with Gasteiger partial charge in [-0.15, -0.1) is 0 Å². The van der Waals surface area contributed by atoms with Crippen LogP contribution < -0.4 is 14.8 Å². The van der Waals surface area contributed by atoms with Crippen molar-refractivity contribution in [3.8, 4) is 11.5 Å². The number of nitrogens with zero attached hydrogens (tertiary/aromatic N) is 1. The second kappa shape index (κ2) is 6.93. The van der Waals surface area contributed by atoms with E-state index in [1.807, 2.05) is 13.8 Å². The van der Waals surface area contributed by atoms with Crippen molar-refractivity contribution in [3.05, 3.63) is 33.9 Å². The third-order valence-electron chi connectivity index (χ3n) is 3.46. The first-order chi connectivity index (χ1) is 10.5. The Kier molecular flexibility index (Phi) is 4.98. The van der Waals surface area contributed by atoms with E-state index in [0.717, 1.165) is 12.8 Å². The third-order valence-corrected chi connectivity index (χ3v) is 3.46. The zero-order chi connectivity index (χ0) is 16.1. The predicted molar refractivity (Wildman–Crippen MR) is 80.8 cm³/mol. The number of carbonyl (C=O) groups is 1. The Balaban J connectivity index is 2.19. The van der Waals surface area contributed by atoms with Crippen LogP contribution in [0.4, 0.5) is 5.69 Å². The van der Waals surface area contributed by atoms with Crippen LogP contribution >= 0.6 is 0 Å². The van der Waals surface area contributed by atoms with E-state index in [1.54, 1.807) is 0 Å². The van der Waals surface area contributed by atoms with Crippen molar-refractivity contribution in [2.45, 2.75) is 32.7 Å². The molecule has 0 saturated carbocycles. The number of fused-ring (bicyclic) bond motifs is 1. The van der Waals surface area contributed by atoms with Crippen molar-refractivity contribution in [1.82, 2.24) is 5.32 Å². The number of nitro groups is 1. The first-order valence-corrected chi connectivity index (χ1v) is 7.11. The van der Waals surface area contributed by atoms with E-state index in [9.17, 15) is 14.9 Å². The Morgan fingerprint density at radius 1 is 1.36 bits per heavy atom. The van der Waals surface area contributed by atoms with E-state index in [1.165, 1.54) is 24.3 Å². The molecule has 1 aromatic carbocycles. The molecule has 0 aromatic heterocycles. The van der Waals surface area contributed by atoms with Gasteiger partial charge in [-0.2, -0.15) is 0 Å². The molecule has 118 valence electrons. The summed E-state index contributed by atoms with van der Waals surface area (Å²) in [5.74, 6) is 0.497. The lowest BCUT2D eigenvalue weighted by Crippen LogP contribution is -2.32. The topological polar surface area (TPSA) is 90.7 Å². The van der Waals surface area contributed by atoms with Crippen molar-refractivity contribution < 1.29 is 19.2 Å². The SMILES string of the molecule is CCC(CC)NC(=O)/C=C\c1cc2c(cc1[N+](=O)[O-])OCO2. The van der Waals surface area contributed by atoms with Gasteiger partial charge in [0.2, 0.25) is 12.7 Å². The maximum Gasteiger partial charge on any atom is 0.280 e. The molecule has 1 heterocycles. The summed E-state index contributed by atoms with van der Waals surface area (Å²) in [7, 11) is 0. The Bertz CT molecular complexity index is 608. The molecule has 0 saturated heterocycles. The van der Waals surface area contributed by atoms with Crippen LogP contribution in [-0.2, 0) is 4.79 Å². The number of rotatable bonds is 6. The maximum atomic E-state index is 11.8. The lowest BCUT2D eigenvalue weighted by Gasteiger charge is -2.12. The number of benzene rings is 1. The van der Waals surface area contributed by atoms with Crippen molar-refractivity contribution in [1.29, 1.82) is 0 Å². The van der Waals surface area contributed by atoms with Crippen molar-refractivity contribution in [2.24, 2.45) is 0 Å². The molecule has 7 heteroatoms. The third kappa shape index (κ3) is 3.55. The maximum absolute atomic E-state index is 11.8. The molecular formula is C15H18N2O5. The van der Waals surface area contributed by atoms with Gasteiger partial charge in [0.25, 0.3) is 5.69 Å². The number of nitrogens with one attached hydrogen (secondary N) is 1. The van der Waals surface area contributed by atoms with Gasteiger partial charge < -0.3 is 14.8 Å². The summed E-state index contributed by atoms with van der Waals surface area (Å²) in [4.78, 5) is 22.4. The van der Waals surface area contributed by atoms with Gasteiger partial charge in [0.05, 0.1) is 16.6 Å². The molecule has 0 radical (unpaired) electrons. The monoisotopic (exact) mass is 306 g/mol. The highest BCUT2D eigenvalue weighted by atomic mass is 16.7. The van der Waals surface area contributed by atoms with Crippen LogP contribution in [0.25, 0.3) is 6.08 Å². The fourth-order valence-corrected chi connectivity index (χ4v) is 2.15. The largest absolute Gasteiger partial charge is 0.454 e. The Hall–Kier alpha value is -2.57. The minimum atomic E-state index is -0.513. The van der Waals surface area contributed by atoms with Crippen LogP contribution in [-0.4, -0.2) is 23.7 Å². The molecule has 0 aliphatic carbocycles. The minimum Gasteiger partial charge on any atom is -0.454 e. The zero-order valence-electron chi connectivity index (χ0n) is 12.5. The number of carbonyl (C=O) groups excluding carboxylic acids is 1. The molecule has 1 N–H and O–H groups in total. The van der Waals surface area contributed by atoms with E-state index in [2.05, 4.69) is 5.32 Å². The lowest BCUT2D eigenvalue weighted by atomic mass is 10.1. The average Bonchev–Trinajstić information content (AvgIpc) is 2.96. The molecule has 1 aliphatic heterocycles. The smallest absolute Gasteiger partial charge is 0.280 e. The van der Waals surface area contributed by atoms with E-state index >= 15 is 0 Å². The average molecular weight is 306 g/mol. The molecule has 0 spiro atoms. The Labute approximate surface area is 128 Å². The lowest BCUT2D eigenvalue weighted by molar-refractivity contribution is -0.385. The molecule has 1 aromatic rings. The number of nitro benzene ring substituents is 1. The fraction of sp³-hybridized carbons (Fsp3) is 0.400. The van der Waals surface area contributed by atoms with Crippen LogP contribution in [0, 0.1) is 10.1 Å². The van der Waals surface area contributed by atoms with E-state index in [0.29, 0.717) is 17.1 Å². The summed E-state index contributed by atoms with van der Waals surface area (Å²) in [6.45, 7) is 4.01. The number of ether oxygens (including phenoxy) is 2. The molecule has 22 heavy (non-hydrogen) atoms. The molecule has 0 atom stereocenters. The van der Waals surface area contributed by atoms with Gasteiger partial charge in [-0.3, -0.25) is 14.9 Å². The highest BCUT2D eigenvalue weighted by Crippen LogP contribution is 2.38. The number of hydrogen-bond acceptors (Lipinski definition) is 5. The van der Waals surface area contributed by atoms with Gasteiger partial charge in [-0.1, -0.05) is 13.8 Å². The normalized spacial score (nSPS) is 12.9. The summed E-state index contributed by atoms with van der Waals surface area (Å²) >= 11 is 0. The predicted octanol–water partition coefficient (Wildman–Crippen LogP) is 2.64. The second-order valence-corrected chi connectivity index (χ2v) is 4.88. The second-order valence-electron chi connectivity index (χ2n) is 4.88. The van der Waals surface area contributed by atoms with Crippen LogP contribution in [0.15, 0.2) is 18.2 Å². The van der Waals surface area contributed by atoms with E-state index < -0.39 is 4.92 Å². The zero-order valence-corrected chi connectivity index (χ0v) is 12.5. The molecule has 7 nitrogen and oxygen atoms in total. The first-order valence-electron chi connectivity index (χ1n) is 7.11. The van der Waals surface area contributed by atoms with Gasteiger partial charge in [0.15, 0.2) is 11.5 Å². The quantitative estimate of drug-likeness (QED) is 0.495. The Morgan fingerprint density at radius 3 is 2.59 bits per heavy atom. The van der Waals surface area contributed by atoms with Gasteiger partial charge in [0, 0.05) is 12.1 Å². The molecule has 0 fully saturated rings. The van der Waals surface area contributed by atoms with Crippen LogP contribution in [0.5, 0.6) is 11.5 Å².